The van der Waals surface area contributed by atoms with Gasteiger partial charge in [-0.05, 0) is 24.3 Å². The summed E-state index contributed by atoms with van der Waals surface area (Å²) in [6, 6.07) is 5.58. The summed E-state index contributed by atoms with van der Waals surface area (Å²) in [5.74, 6) is 0.101. The van der Waals surface area contributed by atoms with Crippen LogP contribution >= 0.6 is 0 Å². The van der Waals surface area contributed by atoms with Gasteiger partial charge in [0.05, 0.1) is 0 Å². The molecule has 6 heteroatoms. The van der Waals surface area contributed by atoms with Crippen molar-refractivity contribution in [2.24, 2.45) is 0 Å². The fraction of sp³-hybridized carbons (Fsp3) is 0.222. The van der Waals surface area contributed by atoms with Crippen molar-refractivity contribution in [2.45, 2.75) is 6.18 Å². The Morgan fingerprint density at radius 1 is 1.27 bits per heavy atom. The molecule has 0 bridgehead atoms. The highest BCUT2D eigenvalue weighted by Crippen LogP contribution is 2.19. The fourth-order valence-corrected chi connectivity index (χ4v) is 0.881. The first-order valence-electron chi connectivity index (χ1n) is 4.01. The van der Waals surface area contributed by atoms with Crippen LogP contribution in [0.2, 0.25) is 0 Å². The summed E-state index contributed by atoms with van der Waals surface area (Å²) in [7, 11) is 0. The molecule has 82 valence electrons. The molecule has 0 aliphatic rings. The quantitative estimate of drug-likeness (QED) is 0.788. The van der Waals surface area contributed by atoms with Gasteiger partial charge in [-0.1, -0.05) is 0 Å². The van der Waals surface area contributed by atoms with Crippen LogP contribution in [0, 0.1) is 0 Å². The lowest BCUT2D eigenvalue weighted by Gasteiger charge is -2.09. The van der Waals surface area contributed by atoms with Crippen molar-refractivity contribution in [1.29, 1.82) is 0 Å². The predicted octanol–water partition coefficient (Wildman–Crippen LogP) is 2.20. The zero-order valence-electron chi connectivity index (χ0n) is 7.54. The maximum Gasteiger partial charge on any atom is 0.422 e. The smallest absolute Gasteiger partial charge is 0.422 e. The second-order valence-corrected chi connectivity index (χ2v) is 2.69. The maximum atomic E-state index is 11.8. The summed E-state index contributed by atoms with van der Waals surface area (Å²) in [5, 5.41) is 2.35. The Morgan fingerprint density at radius 3 is 2.33 bits per heavy atom. The zero-order chi connectivity index (χ0) is 11.3. The number of halogens is 3. The number of ether oxygens (including phenoxy) is 1. The maximum absolute atomic E-state index is 11.8. The van der Waals surface area contributed by atoms with Gasteiger partial charge in [-0.2, -0.15) is 13.2 Å². The minimum atomic E-state index is -4.35. The largest absolute Gasteiger partial charge is 0.484 e. The SMILES string of the molecule is O=CNc1ccc(OCC(F)(F)F)cc1. The lowest BCUT2D eigenvalue weighted by atomic mass is 10.3. The number of hydrogen-bond donors (Lipinski definition) is 1. The van der Waals surface area contributed by atoms with Crippen molar-refractivity contribution in [1.82, 2.24) is 0 Å². The van der Waals surface area contributed by atoms with Gasteiger partial charge in [0.25, 0.3) is 0 Å². The molecule has 1 amide bonds. The van der Waals surface area contributed by atoms with Crippen LogP contribution in [-0.2, 0) is 4.79 Å². The van der Waals surface area contributed by atoms with Crippen LogP contribution in [0.1, 0.15) is 0 Å². The van der Waals surface area contributed by atoms with Crippen LogP contribution in [0.5, 0.6) is 5.75 Å². The van der Waals surface area contributed by atoms with Crippen molar-refractivity contribution in [3.8, 4) is 5.75 Å². The minimum absolute atomic E-state index is 0.101. The summed E-state index contributed by atoms with van der Waals surface area (Å²) in [5.41, 5.74) is 0.490. The molecule has 0 aliphatic carbocycles. The molecular weight excluding hydrogens is 211 g/mol. The molecule has 0 atom stereocenters. The van der Waals surface area contributed by atoms with Crippen molar-refractivity contribution in [2.75, 3.05) is 11.9 Å². The molecule has 0 saturated carbocycles. The number of amides is 1. The van der Waals surface area contributed by atoms with Gasteiger partial charge >= 0.3 is 6.18 Å². The Balaban J connectivity index is 2.53. The Kier molecular flexibility index (Phi) is 3.54. The van der Waals surface area contributed by atoms with Gasteiger partial charge in [0.1, 0.15) is 5.75 Å². The van der Waals surface area contributed by atoms with Gasteiger partial charge in [-0.3, -0.25) is 4.79 Å². The number of carbonyl (C=O) groups excluding carboxylic acids is 1. The summed E-state index contributed by atoms with van der Waals surface area (Å²) in [6.07, 6.45) is -3.87. The molecule has 3 nitrogen and oxygen atoms in total. The summed E-state index contributed by atoms with van der Waals surface area (Å²) < 4.78 is 39.7. The van der Waals surface area contributed by atoms with Crippen molar-refractivity contribution >= 4 is 12.1 Å². The first-order valence-corrected chi connectivity index (χ1v) is 4.01. The van der Waals surface area contributed by atoms with Crippen molar-refractivity contribution in [3.05, 3.63) is 24.3 Å². The molecule has 0 aliphatic heterocycles. The standard InChI is InChI=1S/C9H8F3NO2/c10-9(11,12)5-15-8-3-1-7(2-4-8)13-6-14/h1-4,6H,5H2,(H,13,14). The van der Waals surface area contributed by atoms with E-state index >= 15 is 0 Å². The molecule has 15 heavy (non-hydrogen) atoms. The monoisotopic (exact) mass is 219 g/mol. The third kappa shape index (κ3) is 4.35. The average Bonchev–Trinajstić information content (AvgIpc) is 2.16. The number of carbonyl (C=O) groups is 1. The Bertz CT molecular complexity index is 321. The number of anilines is 1. The van der Waals surface area contributed by atoms with Gasteiger partial charge in [-0.25, -0.2) is 0 Å². The lowest BCUT2D eigenvalue weighted by molar-refractivity contribution is -0.153. The van der Waals surface area contributed by atoms with Gasteiger partial charge in [-0.15, -0.1) is 0 Å². The second-order valence-electron chi connectivity index (χ2n) is 2.69. The first-order chi connectivity index (χ1) is 7.01. The molecule has 1 N–H and O–H groups in total. The highest BCUT2D eigenvalue weighted by atomic mass is 19.4. The third-order valence-corrected chi connectivity index (χ3v) is 1.48. The highest BCUT2D eigenvalue weighted by molar-refractivity contribution is 5.71. The van der Waals surface area contributed by atoms with Crippen LogP contribution in [-0.4, -0.2) is 19.2 Å². The van der Waals surface area contributed by atoms with E-state index in [1.807, 2.05) is 0 Å². The van der Waals surface area contributed by atoms with Crippen molar-refractivity contribution in [3.63, 3.8) is 0 Å². The van der Waals surface area contributed by atoms with Gasteiger partial charge in [0.15, 0.2) is 6.61 Å². The number of hydrogen-bond acceptors (Lipinski definition) is 2. The molecule has 0 aromatic heterocycles. The van der Waals surface area contributed by atoms with Gasteiger partial charge in [0.2, 0.25) is 6.41 Å². The fourth-order valence-electron chi connectivity index (χ4n) is 0.881. The van der Waals surface area contributed by atoms with E-state index in [2.05, 4.69) is 10.1 Å². The molecular formula is C9H8F3NO2. The van der Waals surface area contributed by atoms with Crippen LogP contribution < -0.4 is 10.1 Å². The van der Waals surface area contributed by atoms with E-state index in [0.717, 1.165) is 0 Å². The molecule has 0 heterocycles. The highest BCUT2D eigenvalue weighted by Gasteiger charge is 2.28. The molecule has 0 spiro atoms. The van der Waals surface area contributed by atoms with Gasteiger partial charge in [0, 0.05) is 5.69 Å². The molecule has 1 aromatic rings. The number of nitrogens with one attached hydrogen (secondary N) is 1. The molecule has 1 aromatic carbocycles. The van der Waals surface area contributed by atoms with E-state index in [4.69, 9.17) is 0 Å². The van der Waals surface area contributed by atoms with E-state index in [-0.39, 0.29) is 5.75 Å². The number of rotatable bonds is 4. The van der Waals surface area contributed by atoms with Crippen LogP contribution in [0.3, 0.4) is 0 Å². The summed E-state index contributed by atoms with van der Waals surface area (Å²) >= 11 is 0. The molecule has 1 rings (SSSR count). The predicted molar refractivity (Wildman–Crippen MR) is 47.7 cm³/mol. The number of alkyl halides is 3. The molecule has 0 radical (unpaired) electrons. The summed E-state index contributed by atoms with van der Waals surface area (Å²) in [6.45, 7) is -1.33. The Morgan fingerprint density at radius 2 is 1.87 bits per heavy atom. The van der Waals surface area contributed by atoms with E-state index in [1.54, 1.807) is 0 Å². The Labute approximate surface area is 83.8 Å². The number of benzene rings is 1. The van der Waals surface area contributed by atoms with Crippen LogP contribution in [0.25, 0.3) is 0 Å². The molecule has 0 unspecified atom stereocenters. The van der Waals surface area contributed by atoms with E-state index in [9.17, 15) is 18.0 Å². The van der Waals surface area contributed by atoms with Crippen molar-refractivity contribution < 1.29 is 22.7 Å². The summed E-state index contributed by atoms with van der Waals surface area (Å²) in [4.78, 5) is 10.0. The second kappa shape index (κ2) is 4.68. The van der Waals surface area contributed by atoms with Crippen LogP contribution in [0.4, 0.5) is 18.9 Å². The normalized spacial score (nSPS) is 10.9. The van der Waals surface area contributed by atoms with Crippen LogP contribution in [0.15, 0.2) is 24.3 Å². The topological polar surface area (TPSA) is 38.3 Å². The van der Waals surface area contributed by atoms with E-state index in [1.165, 1.54) is 24.3 Å². The Hall–Kier alpha value is -1.72. The van der Waals surface area contributed by atoms with Gasteiger partial charge < -0.3 is 10.1 Å². The first kappa shape index (κ1) is 11.4. The van der Waals surface area contributed by atoms with E-state index in [0.29, 0.717) is 12.1 Å². The third-order valence-electron chi connectivity index (χ3n) is 1.48. The minimum Gasteiger partial charge on any atom is -0.484 e. The molecule has 0 saturated heterocycles. The lowest BCUT2D eigenvalue weighted by Crippen LogP contribution is -2.19. The van der Waals surface area contributed by atoms with E-state index < -0.39 is 12.8 Å². The zero-order valence-corrected chi connectivity index (χ0v) is 7.54. The average molecular weight is 219 g/mol. The molecule has 0 fully saturated rings.